The van der Waals surface area contributed by atoms with Crippen molar-refractivity contribution in [3.63, 3.8) is 0 Å². The number of piperidine rings is 1. The van der Waals surface area contributed by atoms with E-state index in [4.69, 9.17) is 30.7 Å². The molecule has 0 saturated carbocycles. The van der Waals surface area contributed by atoms with Gasteiger partial charge in [-0.3, -0.25) is 4.98 Å². The van der Waals surface area contributed by atoms with Gasteiger partial charge in [-0.15, -0.1) is 0 Å². The van der Waals surface area contributed by atoms with Crippen LogP contribution in [0.5, 0.6) is 0 Å². The van der Waals surface area contributed by atoms with Gasteiger partial charge in [-0.1, -0.05) is 17.7 Å². The Balaban J connectivity index is 0.000000755. The van der Waals surface area contributed by atoms with Crippen LogP contribution in [0.3, 0.4) is 0 Å². The summed E-state index contributed by atoms with van der Waals surface area (Å²) >= 11 is 5.20. The van der Waals surface area contributed by atoms with Crippen molar-refractivity contribution in [3.8, 4) is 0 Å². The molecule has 2 atom stereocenters. The lowest BCUT2D eigenvalue weighted by atomic mass is 10.1. The molecule has 154 valence electrons. The van der Waals surface area contributed by atoms with Crippen LogP contribution in [0.4, 0.5) is 10.3 Å². The molecule has 1 aromatic carbocycles. The van der Waals surface area contributed by atoms with Gasteiger partial charge >= 0.3 is 11.6 Å². The van der Waals surface area contributed by atoms with Gasteiger partial charge in [-0.05, 0) is 43.2 Å². The first-order chi connectivity index (χ1) is 13.9. The molecule has 0 unspecified atom stereocenters. The number of fused-ring (bicyclic) bond motifs is 1. The number of aromatic nitrogens is 3. The second-order valence-corrected chi connectivity index (χ2v) is 7.51. The van der Waals surface area contributed by atoms with Crippen LogP contribution in [0.25, 0.3) is 11.0 Å². The van der Waals surface area contributed by atoms with Crippen molar-refractivity contribution < 1.29 is 12.8 Å². The van der Waals surface area contributed by atoms with Gasteiger partial charge in [0.25, 0.3) is 0 Å². The highest BCUT2D eigenvalue weighted by atomic mass is 35.5. The van der Waals surface area contributed by atoms with Crippen molar-refractivity contribution in [2.45, 2.75) is 32.1 Å². The van der Waals surface area contributed by atoms with E-state index in [0.717, 1.165) is 28.2 Å². The van der Waals surface area contributed by atoms with E-state index in [1.165, 1.54) is 0 Å². The number of anilines is 1. The van der Waals surface area contributed by atoms with Crippen molar-refractivity contribution in [1.82, 2.24) is 14.5 Å². The molecule has 1 aliphatic heterocycles. The molecule has 4 rings (SSSR count). The Morgan fingerprint density at radius 3 is 2.72 bits per heavy atom. The summed E-state index contributed by atoms with van der Waals surface area (Å²) in [6.07, 6.45) is 1.11. The number of benzene rings is 1. The quantitative estimate of drug-likeness (QED) is 0.677. The highest BCUT2D eigenvalue weighted by Gasteiger charge is 2.29. The molecular formula is C19H21ClFN5O2S. The summed E-state index contributed by atoms with van der Waals surface area (Å²) in [5.74, 6) is 0.810. The van der Waals surface area contributed by atoms with Crippen LogP contribution in [0.15, 0.2) is 36.5 Å². The van der Waals surface area contributed by atoms with Crippen LogP contribution < -0.4 is 10.6 Å². The third-order valence-electron chi connectivity index (χ3n) is 4.85. The zero-order valence-electron chi connectivity index (χ0n) is 15.8. The zero-order valence-corrected chi connectivity index (χ0v) is 17.4. The second-order valence-electron chi connectivity index (χ2n) is 6.94. The van der Waals surface area contributed by atoms with Gasteiger partial charge in [0.2, 0.25) is 5.95 Å². The Labute approximate surface area is 176 Å². The first kappa shape index (κ1) is 21.4. The lowest BCUT2D eigenvalue weighted by Crippen LogP contribution is -2.50. The number of rotatable bonds is 3. The molecule has 3 heterocycles. The number of nitrogens with two attached hydrogens (primary N) is 1. The summed E-state index contributed by atoms with van der Waals surface area (Å²) in [5.41, 5.74) is 9.95. The minimum Gasteiger partial charge on any atom is -0.340 e. The monoisotopic (exact) mass is 437 g/mol. The molecule has 7 nitrogen and oxygen atoms in total. The Bertz CT molecular complexity index is 1020. The third-order valence-corrected chi connectivity index (χ3v) is 5.07. The number of halogens is 2. The molecule has 1 aliphatic rings. The van der Waals surface area contributed by atoms with Crippen molar-refractivity contribution in [2.24, 2.45) is 5.73 Å². The molecule has 1 saturated heterocycles. The van der Waals surface area contributed by atoms with Crippen LogP contribution in [-0.4, -0.2) is 48.3 Å². The summed E-state index contributed by atoms with van der Waals surface area (Å²) in [6.45, 7) is 3.67. The molecule has 29 heavy (non-hydrogen) atoms. The second kappa shape index (κ2) is 9.43. The van der Waals surface area contributed by atoms with Gasteiger partial charge in [0, 0.05) is 19.3 Å². The fraction of sp³-hybridized carbons (Fsp3) is 0.368. The molecule has 0 aliphatic carbocycles. The van der Waals surface area contributed by atoms with Gasteiger partial charge in [0.05, 0.1) is 34.3 Å². The van der Waals surface area contributed by atoms with Gasteiger partial charge in [-0.25, -0.2) is 9.37 Å². The number of aryl methyl sites for hydroxylation is 1. The standard InChI is InChI=1S/C19H21ClFN5.O2S/c1-12-2-5-18-17(8-12)24-19(25-7-6-15(21)16(22)11-25)26(18)10-14-4-3-13(20)9-23-14;1-3-2/h2-5,8-9,15-16H,6-7,10-11,22H2,1H3;/t15-,16-;/m1./s1. The van der Waals surface area contributed by atoms with Crippen LogP contribution in [0.1, 0.15) is 17.7 Å². The van der Waals surface area contributed by atoms with E-state index >= 15 is 0 Å². The third kappa shape index (κ3) is 4.98. The summed E-state index contributed by atoms with van der Waals surface area (Å²) in [7, 11) is 0. The summed E-state index contributed by atoms with van der Waals surface area (Å²) in [4.78, 5) is 11.3. The number of nitrogens with zero attached hydrogens (tertiary/aromatic N) is 4. The van der Waals surface area contributed by atoms with Crippen molar-refractivity contribution in [2.75, 3.05) is 18.0 Å². The van der Waals surface area contributed by atoms with E-state index in [1.807, 2.05) is 19.1 Å². The Morgan fingerprint density at radius 2 is 2.07 bits per heavy atom. The maximum atomic E-state index is 13.8. The van der Waals surface area contributed by atoms with Crippen LogP contribution in [-0.2, 0) is 18.1 Å². The Hall–Kier alpha value is -2.36. The molecule has 2 aromatic heterocycles. The number of pyridine rings is 1. The van der Waals surface area contributed by atoms with E-state index in [9.17, 15) is 4.39 Å². The van der Waals surface area contributed by atoms with Gasteiger partial charge in [0.1, 0.15) is 6.17 Å². The molecule has 10 heteroatoms. The minimum absolute atomic E-state index is 0.419. The highest BCUT2D eigenvalue weighted by molar-refractivity contribution is 7.51. The number of imidazole rings is 1. The first-order valence-electron chi connectivity index (χ1n) is 9.06. The van der Waals surface area contributed by atoms with E-state index in [0.29, 0.717) is 31.1 Å². The number of alkyl halides is 1. The Morgan fingerprint density at radius 1 is 1.31 bits per heavy atom. The topological polar surface area (TPSA) is 94.1 Å². The average molecular weight is 438 g/mol. The molecule has 2 N–H and O–H groups in total. The molecule has 0 spiro atoms. The Kier molecular flexibility index (Phi) is 6.94. The van der Waals surface area contributed by atoms with Crippen molar-refractivity contribution in [3.05, 3.63) is 52.8 Å². The summed E-state index contributed by atoms with van der Waals surface area (Å²) < 4.78 is 32.5. The van der Waals surface area contributed by atoms with E-state index in [1.54, 1.807) is 6.20 Å². The predicted molar refractivity (Wildman–Crippen MR) is 111 cm³/mol. The first-order valence-corrected chi connectivity index (χ1v) is 10.1. The van der Waals surface area contributed by atoms with Gasteiger partial charge in [0.15, 0.2) is 0 Å². The molecule has 0 amide bonds. The largest absolute Gasteiger partial charge is 0.340 e. The molecule has 3 aromatic rings. The van der Waals surface area contributed by atoms with Crippen LogP contribution >= 0.6 is 11.6 Å². The fourth-order valence-corrected chi connectivity index (χ4v) is 3.53. The normalized spacial score (nSPS) is 19.0. The van der Waals surface area contributed by atoms with Crippen molar-refractivity contribution in [1.29, 1.82) is 0 Å². The number of hydrogen-bond donors (Lipinski definition) is 1. The van der Waals surface area contributed by atoms with Crippen molar-refractivity contribution >= 4 is 40.2 Å². The maximum absolute atomic E-state index is 13.8. The smallest absolute Gasteiger partial charge is 0.335 e. The summed E-state index contributed by atoms with van der Waals surface area (Å²) in [6, 6.07) is 9.44. The lowest BCUT2D eigenvalue weighted by molar-refractivity contribution is 0.243. The fourth-order valence-electron chi connectivity index (χ4n) is 3.42. The SMILES string of the molecule is Cc1ccc2c(c1)nc(N1CC[C@@H](F)[C@H](N)C1)n2Cc1ccc(Cl)cn1.O=S=O. The predicted octanol–water partition coefficient (Wildman–Crippen LogP) is 2.65. The van der Waals surface area contributed by atoms with Crippen LogP contribution in [0.2, 0.25) is 5.02 Å². The minimum atomic E-state index is -0.954. The number of hydrogen-bond acceptors (Lipinski definition) is 6. The van der Waals surface area contributed by atoms with E-state index in [2.05, 4.69) is 32.7 Å². The lowest BCUT2D eigenvalue weighted by Gasteiger charge is -2.34. The van der Waals surface area contributed by atoms with E-state index in [-0.39, 0.29) is 0 Å². The van der Waals surface area contributed by atoms with Gasteiger partial charge < -0.3 is 15.2 Å². The summed E-state index contributed by atoms with van der Waals surface area (Å²) in [5, 5.41) is 0.607. The zero-order chi connectivity index (χ0) is 21.0. The maximum Gasteiger partial charge on any atom is 0.335 e. The molecule has 0 radical (unpaired) electrons. The molecular weight excluding hydrogens is 417 g/mol. The van der Waals surface area contributed by atoms with Crippen LogP contribution in [0, 0.1) is 6.92 Å². The average Bonchev–Trinajstić information content (AvgIpc) is 3.04. The highest BCUT2D eigenvalue weighted by Crippen LogP contribution is 2.27. The molecule has 1 fully saturated rings. The van der Waals surface area contributed by atoms with E-state index < -0.39 is 23.8 Å². The van der Waals surface area contributed by atoms with Gasteiger partial charge in [-0.2, -0.15) is 8.42 Å². The molecule has 0 bridgehead atoms.